The molecule has 0 aliphatic carbocycles. The van der Waals surface area contributed by atoms with Crippen molar-refractivity contribution in [3.8, 4) is 5.75 Å². The maximum Gasteiger partial charge on any atom is 0.253 e. The molecule has 2 aliphatic heterocycles. The molecule has 1 aromatic carbocycles. The Labute approximate surface area is 155 Å². The lowest BCUT2D eigenvalue weighted by atomic mass is 10.1. The number of benzene rings is 1. The summed E-state index contributed by atoms with van der Waals surface area (Å²) < 4.78 is 5.14. The highest BCUT2D eigenvalue weighted by Gasteiger charge is 2.32. The summed E-state index contributed by atoms with van der Waals surface area (Å²) in [7, 11) is 1.61. The van der Waals surface area contributed by atoms with Crippen LogP contribution in [0.1, 0.15) is 36.5 Å². The van der Waals surface area contributed by atoms with Crippen LogP contribution in [0, 0.1) is 0 Å². The van der Waals surface area contributed by atoms with Crippen LogP contribution in [0.25, 0.3) is 0 Å². The lowest BCUT2D eigenvalue weighted by Crippen LogP contribution is -2.55. The van der Waals surface area contributed by atoms with Crippen LogP contribution in [0.15, 0.2) is 24.3 Å². The third-order valence-electron chi connectivity index (χ3n) is 5.47. The molecular formula is C20H29N3O3. The van der Waals surface area contributed by atoms with Gasteiger partial charge in [-0.25, -0.2) is 0 Å². The van der Waals surface area contributed by atoms with Gasteiger partial charge in [0.2, 0.25) is 5.91 Å². The van der Waals surface area contributed by atoms with Crippen LogP contribution in [0.2, 0.25) is 0 Å². The summed E-state index contributed by atoms with van der Waals surface area (Å²) in [6.45, 7) is 6.56. The van der Waals surface area contributed by atoms with E-state index in [2.05, 4.69) is 11.8 Å². The largest absolute Gasteiger partial charge is 0.497 e. The molecule has 2 aliphatic rings. The van der Waals surface area contributed by atoms with E-state index >= 15 is 0 Å². The van der Waals surface area contributed by atoms with E-state index in [0.717, 1.165) is 25.3 Å². The maximum atomic E-state index is 12.9. The number of rotatable bonds is 5. The number of amides is 2. The Morgan fingerprint density at radius 1 is 0.962 bits per heavy atom. The van der Waals surface area contributed by atoms with Crippen molar-refractivity contribution in [2.75, 3.05) is 46.4 Å². The van der Waals surface area contributed by atoms with E-state index in [1.165, 1.54) is 12.8 Å². The summed E-state index contributed by atoms with van der Waals surface area (Å²) in [6, 6.07) is 7.18. The minimum absolute atomic E-state index is 0.00124. The summed E-state index contributed by atoms with van der Waals surface area (Å²) >= 11 is 0. The number of piperazine rings is 1. The smallest absolute Gasteiger partial charge is 0.253 e. The standard InChI is InChI=1S/C20H29N3O3/c1-3-18(21-10-4-5-11-21)20(25)23-14-12-22(13-15-23)19(24)16-6-8-17(26-2)9-7-16/h6-9,18H,3-5,10-15H2,1-2H3/t18-/m0/s1. The Hall–Kier alpha value is -2.08. The third kappa shape index (κ3) is 4.01. The minimum atomic E-state index is 0.00124. The van der Waals surface area contributed by atoms with E-state index in [1.807, 2.05) is 9.80 Å². The predicted octanol–water partition coefficient (Wildman–Crippen LogP) is 1.85. The van der Waals surface area contributed by atoms with Gasteiger partial charge in [-0.1, -0.05) is 6.92 Å². The Balaban J connectivity index is 1.55. The molecule has 2 fully saturated rings. The lowest BCUT2D eigenvalue weighted by molar-refractivity contribution is -0.138. The SMILES string of the molecule is CC[C@@H](C(=O)N1CCN(C(=O)c2ccc(OC)cc2)CC1)N1CCCC1. The lowest BCUT2D eigenvalue weighted by Gasteiger charge is -2.38. The number of methoxy groups -OCH3 is 1. The first kappa shape index (κ1) is 18.7. The first-order valence-electron chi connectivity index (χ1n) is 9.60. The molecule has 0 bridgehead atoms. The number of hydrogen-bond donors (Lipinski definition) is 0. The monoisotopic (exact) mass is 359 g/mol. The molecule has 1 atom stereocenters. The molecule has 26 heavy (non-hydrogen) atoms. The topological polar surface area (TPSA) is 53.1 Å². The second-order valence-electron chi connectivity index (χ2n) is 7.01. The van der Waals surface area contributed by atoms with Crippen molar-refractivity contribution >= 4 is 11.8 Å². The van der Waals surface area contributed by atoms with E-state index in [9.17, 15) is 9.59 Å². The summed E-state index contributed by atoms with van der Waals surface area (Å²) in [4.78, 5) is 31.6. The zero-order chi connectivity index (χ0) is 18.5. The summed E-state index contributed by atoms with van der Waals surface area (Å²) in [5.41, 5.74) is 0.661. The average Bonchev–Trinajstić information content (AvgIpc) is 3.22. The van der Waals surface area contributed by atoms with Crippen molar-refractivity contribution in [1.29, 1.82) is 0 Å². The average molecular weight is 359 g/mol. The van der Waals surface area contributed by atoms with Crippen LogP contribution < -0.4 is 4.74 Å². The highest BCUT2D eigenvalue weighted by molar-refractivity contribution is 5.94. The molecule has 142 valence electrons. The van der Waals surface area contributed by atoms with Crippen molar-refractivity contribution in [3.63, 3.8) is 0 Å². The van der Waals surface area contributed by atoms with Gasteiger partial charge in [-0.05, 0) is 56.6 Å². The van der Waals surface area contributed by atoms with Gasteiger partial charge in [0.1, 0.15) is 5.75 Å². The fraction of sp³-hybridized carbons (Fsp3) is 0.600. The molecule has 2 heterocycles. The molecule has 1 aromatic rings. The predicted molar refractivity (Wildman–Crippen MR) is 100 cm³/mol. The maximum absolute atomic E-state index is 12.9. The zero-order valence-corrected chi connectivity index (χ0v) is 15.8. The highest BCUT2D eigenvalue weighted by atomic mass is 16.5. The molecule has 0 aromatic heterocycles. The van der Waals surface area contributed by atoms with Gasteiger partial charge < -0.3 is 14.5 Å². The second-order valence-corrected chi connectivity index (χ2v) is 7.01. The van der Waals surface area contributed by atoms with Gasteiger partial charge in [-0.15, -0.1) is 0 Å². The fourth-order valence-electron chi connectivity index (χ4n) is 3.90. The van der Waals surface area contributed by atoms with Gasteiger partial charge >= 0.3 is 0 Å². The van der Waals surface area contributed by atoms with E-state index in [0.29, 0.717) is 31.7 Å². The van der Waals surface area contributed by atoms with Gasteiger partial charge in [0.25, 0.3) is 5.91 Å². The molecule has 0 saturated carbocycles. The van der Waals surface area contributed by atoms with E-state index in [4.69, 9.17) is 4.74 Å². The van der Waals surface area contributed by atoms with Crippen LogP contribution >= 0.6 is 0 Å². The highest BCUT2D eigenvalue weighted by Crippen LogP contribution is 2.18. The molecule has 0 unspecified atom stereocenters. The molecule has 0 N–H and O–H groups in total. The number of nitrogens with zero attached hydrogens (tertiary/aromatic N) is 3. The molecule has 2 saturated heterocycles. The number of hydrogen-bond acceptors (Lipinski definition) is 4. The van der Waals surface area contributed by atoms with E-state index in [1.54, 1.807) is 31.4 Å². The van der Waals surface area contributed by atoms with Gasteiger partial charge in [0.05, 0.1) is 13.2 Å². The summed E-state index contributed by atoms with van der Waals surface area (Å²) in [6.07, 6.45) is 3.23. The van der Waals surface area contributed by atoms with Crippen LogP contribution in [0.5, 0.6) is 5.75 Å². The number of likely N-dealkylation sites (tertiary alicyclic amines) is 1. The molecule has 2 amide bonds. The van der Waals surface area contributed by atoms with Gasteiger partial charge in [0, 0.05) is 31.7 Å². The minimum Gasteiger partial charge on any atom is -0.497 e. The second kappa shape index (κ2) is 8.54. The number of ether oxygens (including phenoxy) is 1. The zero-order valence-electron chi connectivity index (χ0n) is 15.8. The first-order valence-corrected chi connectivity index (χ1v) is 9.60. The van der Waals surface area contributed by atoms with Crippen LogP contribution in [0.4, 0.5) is 0 Å². The van der Waals surface area contributed by atoms with Crippen molar-refractivity contribution in [3.05, 3.63) is 29.8 Å². The Bertz CT molecular complexity index is 618. The molecular weight excluding hydrogens is 330 g/mol. The van der Waals surface area contributed by atoms with Gasteiger partial charge in [0.15, 0.2) is 0 Å². The fourth-order valence-corrected chi connectivity index (χ4v) is 3.90. The van der Waals surface area contributed by atoms with E-state index < -0.39 is 0 Å². The normalized spacial score (nSPS) is 19.5. The molecule has 6 heteroatoms. The van der Waals surface area contributed by atoms with Crippen LogP contribution in [-0.2, 0) is 4.79 Å². The molecule has 6 nitrogen and oxygen atoms in total. The van der Waals surface area contributed by atoms with Crippen LogP contribution in [-0.4, -0.2) is 78.9 Å². The van der Waals surface area contributed by atoms with Gasteiger partial charge in [-0.2, -0.15) is 0 Å². The molecule has 3 rings (SSSR count). The van der Waals surface area contributed by atoms with E-state index in [-0.39, 0.29) is 17.9 Å². The molecule has 0 radical (unpaired) electrons. The van der Waals surface area contributed by atoms with Crippen molar-refractivity contribution in [1.82, 2.24) is 14.7 Å². The quantitative estimate of drug-likeness (QED) is 0.805. The molecule has 0 spiro atoms. The summed E-state index contributed by atoms with van der Waals surface area (Å²) in [5, 5.41) is 0. The van der Waals surface area contributed by atoms with Crippen molar-refractivity contribution in [2.24, 2.45) is 0 Å². The van der Waals surface area contributed by atoms with Crippen molar-refractivity contribution in [2.45, 2.75) is 32.2 Å². The Morgan fingerprint density at radius 3 is 2.08 bits per heavy atom. The number of carbonyl (C=O) groups is 2. The Kier molecular flexibility index (Phi) is 6.14. The van der Waals surface area contributed by atoms with Crippen molar-refractivity contribution < 1.29 is 14.3 Å². The third-order valence-corrected chi connectivity index (χ3v) is 5.47. The first-order chi connectivity index (χ1) is 12.6. The Morgan fingerprint density at radius 2 is 1.54 bits per heavy atom. The van der Waals surface area contributed by atoms with Crippen LogP contribution in [0.3, 0.4) is 0 Å². The van der Waals surface area contributed by atoms with Gasteiger partial charge in [-0.3, -0.25) is 14.5 Å². The number of carbonyl (C=O) groups excluding carboxylic acids is 2. The summed E-state index contributed by atoms with van der Waals surface area (Å²) in [5.74, 6) is 0.988.